The lowest BCUT2D eigenvalue weighted by molar-refractivity contribution is -0.384. The second kappa shape index (κ2) is 7.93. The molecule has 126 valence electrons. The number of aliphatic hydroxyl groups excluding tert-OH is 1. The summed E-state index contributed by atoms with van der Waals surface area (Å²) in [7, 11) is 1.38. The van der Waals surface area contributed by atoms with Crippen LogP contribution in [-0.4, -0.2) is 23.2 Å². The second-order valence-electron chi connectivity index (χ2n) is 4.81. The maximum atomic E-state index is 11.8. The van der Waals surface area contributed by atoms with Gasteiger partial charge >= 0.3 is 6.09 Å². The van der Waals surface area contributed by atoms with E-state index in [-0.39, 0.29) is 24.7 Å². The average molecular weight is 332 g/mol. The van der Waals surface area contributed by atoms with Crippen molar-refractivity contribution in [2.24, 2.45) is 0 Å². The van der Waals surface area contributed by atoms with Crippen molar-refractivity contribution in [2.75, 3.05) is 12.4 Å². The molecule has 2 rings (SSSR count). The predicted octanol–water partition coefficient (Wildman–Crippen LogP) is 2.84. The first-order valence-corrected chi connectivity index (χ1v) is 6.98. The minimum Gasteiger partial charge on any atom is -0.496 e. The number of nitrogens with one attached hydrogen (secondary N) is 1. The molecule has 24 heavy (non-hydrogen) atoms. The largest absolute Gasteiger partial charge is 0.496 e. The molecule has 0 aromatic heterocycles. The zero-order valence-corrected chi connectivity index (χ0v) is 12.9. The Kier molecular flexibility index (Phi) is 5.69. The Labute approximate surface area is 137 Å². The highest BCUT2D eigenvalue weighted by Crippen LogP contribution is 2.25. The summed E-state index contributed by atoms with van der Waals surface area (Å²) in [6.07, 6.45) is -0.674. The van der Waals surface area contributed by atoms with Crippen LogP contribution in [0.4, 0.5) is 16.2 Å². The fraction of sp³-hybridized carbons (Fsp3) is 0.188. The summed E-state index contributed by atoms with van der Waals surface area (Å²) in [5, 5.41) is 22.2. The second-order valence-corrected chi connectivity index (χ2v) is 4.81. The first kappa shape index (κ1) is 17.2. The van der Waals surface area contributed by atoms with Gasteiger partial charge in [0.15, 0.2) is 0 Å². The van der Waals surface area contributed by atoms with Gasteiger partial charge in [0.1, 0.15) is 12.4 Å². The van der Waals surface area contributed by atoms with Crippen molar-refractivity contribution < 1.29 is 24.3 Å². The van der Waals surface area contributed by atoms with Crippen LogP contribution in [0.1, 0.15) is 11.1 Å². The van der Waals surface area contributed by atoms with Crippen molar-refractivity contribution in [3.63, 3.8) is 0 Å². The highest BCUT2D eigenvalue weighted by Gasteiger charge is 2.13. The lowest BCUT2D eigenvalue weighted by Crippen LogP contribution is -2.13. The number of ether oxygens (including phenoxy) is 2. The Morgan fingerprint density at radius 2 is 1.96 bits per heavy atom. The van der Waals surface area contributed by atoms with Crippen LogP contribution in [0.2, 0.25) is 0 Å². The number of anilines is 1. The smallest absolute Gasteiger partial charge is 0.411 e. The van der Waals surface area contributed by atoms with E-state index in [9.17, 15) is 14.9 Å². The summed E-state index contributed by atoms with van der Waals surface area (Å²) < 4.78 is 10.2. The van der Waals surface area contributed by atoms with Gasteiger partial charge in [-0.05, 0) is 23.8 Å². The molecule has 8 heteroatoms. The van der Waals surface area contributed by atoms with Gasteiger partial charge in [-0.2, -0.15) is 0 Å². The monoisotopic (exact) mass is 332 g/mol. The molecule has 8 nitrogen and oxygen atoms in total. The number of carbonyl (C=O) groups is 1. The van der Waals surface area contributed by atoms with E-state index in [0.29, 0.717) is 11.3 Å². The lowest BCUT2D eigenvalue weighted by Gasteiger charge is -2.10. The zero-order valence-electron chi connectivity index (χ0n) is 12.9. The van der Waals surface area contributed by atoms with Crippen molar-refractivity contribution in [1.82, 2.24) is 0 Å². The Balaban J connectivity index is 1.96. The van der Waals surface area contributed by atoms with Crippen molar-refractivity contribution >= 4 is 17.5 Å². The van der Waals surface area contributed by atoms with E-state index in [1.54, 1.807) is 24.3 Å². The highest BCUT2D eigenvalue weighted by molar-refractivity contribution is 5.84. The number of nitro groups is 1. The predicted molar refractivity (Wildman–Crippen MR) is 85.8 cm³/mol. The molecule has 0 aliphatic heterocycles. The quantitative estimate of drug-likeness (QED) is 0.621. The van der Waals surface area contributed by atoms with Crippen molar-refractivity contribution in [1.29, 1.82) is 0 Å². The molecule has 0 saturated carbocycles. The summed E-state index contributed by atoms with van der Waals surface area (Å²) >= 11 is 0. The third-order valence-corrected chi connectivity index (χ3v) is 3.22. The maximum absolute atomic E-state index is 11.8. The molecule has 2 aromatic carbocycles. The SMILES string of the molecule is COc1cc([N+](=O)[O-])ccc1COC(=O)Nc1ccc(CO)cc1. The minimum absolute atomic E-state index is 0.0787. The topological polar surface area (TPSA) is 111 Å². The van der Waals surface area contributed by atoms with Gasteiger partial charge in [0, 0.05) is 17.3 Å². The molecule has 0 aliphatic carbocycles. The molecule has 0 unspecified atom stereocenters. The van der Waals surface area contributed by atoms with Crippen LogP contribution in [0, 0.1) is 10.1 Å². The number of non-ortho nitro benzene ring substituents is 1. The zero-order chi connectivity index (χ0) is 17.5. The first-order valence-electron chi connectivity index (χ1n) is 6.98. The van der Waals surface area contributed by atoms with Gasteiger partial charge in [0.05, 0.1) is 24.7 Å². The normalized spacial score (nSPS) is 10.1. The molecule has 0 bridgehead atoms. The third-order valence-electron chi connectivity index (χ3n) is 3.22. The minimum atomic E-state index is -0.674. The van der Waals surface area contributed by atoms with Crippen LogP contribution in [0.15, 0.2) is 42.5 Å². The van der Waals surface area contributed by atoms with Gasteiger partial charge in [0.25, 0.3) is 5.69 Å². The number of nitrogens with zero attached hydrogens (tertiary/aromatic N) is 1. The number of carbonyl (C=O) groups excluding carboxylic acids is 1. The van der Waals surface area contributed by atoms with E-state index >= 15 is 0 Å². The van der Waals surface area contributed by atoms with E-state index in [4.69, 9.17) is 14.6 Å². The Morgan fingerprint density at radius 3 is 2.54 bits per heavy atom. The van der Waals surface area contributed by atoms with Crippen LogP contribution in [-0.2, 0) is 18.0 Å². The molecule has 0 heterocycles. The third kappa shape index (κ3) is 4.43. The van der Waals surface area contributed by atoms with E-state index in [0.717, 1.165) is 5.56 Å². The Bertz CT molecular complexity index is 730. The number of nitro benzene ring substituents is 1. The molecule has 1 amide bonds. The number of benzene rings is 2. The Hall–Kier alpha value is -3.13. The molecule has 0 saturated heterocycles. The number of hydrogen-bond acceptors (Lipinski definition) is 6. The number of amides is 1. The van der Waals surface area contributed by atoms with Crippen molar-refractivity contribution in [3.05, 3.63) is 63.7 Å². The summed E-state index contributed by atoms with van der Waals surface area (Å²) in [4.78, 5) is 22.0. The Morgan fingerprint density at radius 1 is 1.25 bits per heavy atom. The standard InChI is InChI=1S/C16H16N2O6/c1-23-15-8-14(18(21)22)7-4-12(15)10-24-16(20)17-13-5-2-11(9-19)3-6-13/h2-8,19H,9-10H2,1H3,(H,17,20). The molecule has 0 aliphatic rings. The van der Waals surface area contributed by atoms with Crippen molar-refractivity contribution in [2.45, 2.75) is 13.2 Å². The summed E-state index contributed by atoms with van der Waals surface area (Å²) in [6.45, 7) is -0.174. The number of aliphatic hydroxyl groups is 1. The highest BCUT2D eigenvalue weighted by atomic mass is 16.6. The van der Waals surface area contributed by atoms with Gasteiger partial charge in [-0.1, -0.05) is 12.1 Å². The molecular formula is C16H16N2O6. The van der Waals surface area contributed by atoms with Gasteiger partial charge in [-0.25, -0.2) is 4.79 Å². The van der Waals surface area contributed by atoms with Crippen LogP contribution in [0.3, 0.4) is 0 Å². The van der Waals surface area contributed by atoms with Crippen LogP contribution >= 0.6 is 0 Å². The molecule has 0 fully saturated rings. The molecule has 2 aromatic rings. The van der Waals surface area contributed by atoms with Crippen LogP contribution < -0.4 is 10.1 Å². The molecular weight excluding hydrogens is 316 g/mol. The van der Waals surface area contributed by atoms with Gasteiger partial charge in [0.2, 0.25) is 0 Å². The van der Waals surface area contributed by atoms with E-state index in [2.05, 4.69) is 5.32 Å². The fourth-order valence-corrected chi connectivity index (χ4v) is 1.96. The van der Waals surface area contributed by atoms with Crippen LogP contribution in [0.5, 0.6) is 5.75 Å². The van der Waals surface area contributed by atoms with Gasteiger partial charge in [-0.3, -0.25) is 15.4 Å². The lowest BCUT2D eigenvalue weighted by atomic mass is 10.2. The fourth-order valence-electron chi connectivity index (χ4n) is 1.96. The first-order chi connectivity index (χ1) is 11.5. The summed E-state index contributed by atoms with van der Waals surface area (Å²) in [5.74, 6) is 0.268. The average Bonchev–Trinajstić information content (AvgIpc) is 2.60. The molecule has 0 radical (unpaired) electrons. The summed E-state index contributed by atoms with van der Waals surface area (Å²) in [6, 6.07) is 10.7. The maximum Gasteiger partial charge on any atom is 0.411 e. The van der Waals surface area contributed by atoms with E-state index in [1.807, 2.05) is 0 Å². The van der Waals surface area contributed by atoms with Gasteiger partial charge < -0.3 is 14.6 Å². The number of rotatable bonds is 6. The number of hydrogen-bond donors (Lipinski definition) is 2. The summed E-state index contributed by atoms with van der Waals surface area (Å²) in [5.41, 5.74) is 1.65. The number of methoxy groups -OCH3 is 1. The van der Waals surface area contributed by atoms with Crippen LogP contribution in [0.25, 0.3) is 0 Å². The molecule has 0 atom stereocenters. The van der Waals surface area contributed by atoms with Gasteiger partial charge in [-0.15, -0.1) is 0 Å². The van der Waals surface area contributed by atoms with E-state index < -0.39 is 11.0 Å². The molecule has 2 N–H and O–H groups in total. The molecule has 0 spiro atoms. The van der Waals surface area contributed by atoms with E-state index in [1.165, 1.54) is 25.3 Å². The van der Waals surface area contributed by atoms with Crippen molar-refractivity contribution in [3.8, 4) is 5.75 Å².